The summed E-state index contributed by atoms with van der Waals surface area (Å²) in [5, 5.41) is 0. The number of likely N-dealkylation sites (tertiary alicyclic amines) is 1. The number of ketones is 1. The molecule has 1 atom stereocenters. The molecule has 5 nitrogen and oxygen atoms in total. The lowest BCUT2D eigenvalue weighted by Crippen LogP contribution is -2.42. The summed E-state index contributed by atoms with van der Waals surface area (Å²) in [5.41, 5.74) is 1.40. The summed E-state index contributed by atoms with van der Waals surface area (Å²) < 4.78 is 5.32. The van der Waals surface area contributed by atoms with Crippen molar-refractivity contribution in [2.45, 2.75) is 32.3 Å². The average Bonchev–Trinajstić information content (AvgIpc) is 2.74. The fraction of sp³-hybridized carbons (Fsp3) is 0.318. The molecule has 0 aliphatic carbocycles. The van der Waals surface area contributed by atoms with Crippen molar-refractivity contribution >= 4 is 17.7 Å². The van der Waals surface area contributed by atoms with Crippen LogP contribution in [0.4, 0.5) is 0 Å². The maximum Gasteiger partial charge on any atom is 0.338 e. The first-order valence-corrected chi connectivity index (χ1v) is 9.26. The second-order valence-corrected chi connectivity index (χ2v) is 6.71. The number of carbonyl (C=O) groups is 3. The first kappa shape index (κ1) is 18.8. The molecular weight excluding hydrogens is 342 g/mol. The van der Waals surface area contributed by atoms with Gasteiger partial charge in [-0.2, -0.15) is 0 Å². The Kier molecular flexibility index (Phi) is 6.01. The Labute approximate surface area is 158 Å². The summed E-state index contributed by atoms with van der Waals surface area (Å²) in [5.74, 6) is -0.824. The van der Waals surface area contributed by atoms with E-state index in [4.69, 9.17) is 4.74 Å². The molecule has 0 unspecified atom stereocenters. The van der Waals surface area contributed by atoms with E-state index >= 15 is 0 Å². The SMILES string of the molecule is C[C@H](OC(=O)c1ccc(C(=O)c2ccccc2)cc1)C(=O)N1CCCCC1. The summed E-state index contributed by atoms with van der Waals surface area (Å²) in [7, 11) is 0. The van der Waals surface area contributed by atoms with Gasteiger partial charge in [0.05, 0.1) is 5.56 Å². The molecule has 140 valence electrons. The first-order valence-electron chi connectivity index (χ1n) is 9.26. The number of esters is 1. The fourth-order valence-corrected chi connectivity index (χ4v) is 3.16. The Morgan fingerprint density at radius 3 is 2.00 bits per heavy atom. The first-order chi connectivity index (χ1) is 13.1. The van der Waals surface area contributed by atoms with Gasteiger partial charge in [0.2, 0.25) is 0 Å². The van der Waals surface area contributed by atoms with Crippen LogP contribution in [0.5, 0.6) is 0 Å². The maximum absolute atomic E-state index is 12.4. The molecule has 1 aliphatic heterocycles. The molecule has 0 saturated carbocycles. The van der Waals surface area contributed by atoms with Crippen LogP contribution in [-0.2, 0) is 9.53 Å². The minimum atomic E-state index is -0.818. The van der Waals surface area contributed by atoms with E-state index in [1.165, 1.54) is 0 Å². The second-order valence-electron chi connectivity index (χ2n) is 6.71. The standard InChI is InChI=1S/C22H23NO4/c1-16(21(25)23-14-6-3-7-15-23)27-22(26)19-12-10-18(11-13-19)20(24)17-8-4-2-5-9-17/h2,4-5,8-13,16H,3,6-7,14-15H2,1H3/t16-/m0/s1. The van der Waals surface area contributed by atoms with E-state index in [-0.39, 0.29) is 11.7 Å². The number of ether oxygens (including phenoxy) is 1. The molecular formula is C22H23NO4. The Balaban J connectivity index is 1.61. The lowest BCUT2D eigenvalue weighted by atomic mass is 10.0. The Morgan fingerprint density at radius 2 is 1.37 bits per heavy atom. The van der Waals surface area contributed by atoms with E-state index in [0.29, 0.717) is 16.7 Å². The zero-order valence-electron chi connectivity index (χ0n) is 15.4. The summed E-state index contributed by atoms with van der Waals surface area (Å²) in [6.07, 6.45) is 2.29. The highest BCUT2D eigenvalue weighted by atomic mass is 16.5. The zero-order valence-corrected chi connectivity index (χ0v) is 15.4. The normalized spacial score (nSPS) is 15.1. The number of amides is 1. The van der Waals surface area contributed by atoms with Crippen LogP contribution < -0.4 is 0 Å². The van der Waals surface area contributed by atoms with E-state index in [2.05, 4.69) is 0 Å². The van der Waals surface area contributed by atoms with Gasteiger partial charge in [0.25, 0.3) is 5.91 Å². The largest absolute Gasteiger partial charge is 0.449 e. The van der Waals surface area contributed by atoms with Gasteiger partial charge in [0.15, 0.2) is 11.9 Å². The van der Waals surface area contributed by atoms with Crippen LogP contribution in [0.3, 0.4) is 0 Å². The van der Waals surface area contributed by atoms with Gasteiger partial charge < -0.3 is 9.64 Å². The molecule has 2 aromatic carbocycles. The van der Waals surface area contributed by atoms with Crippen LogP contribution in [0.15, 0.2) is 54.6 Å². The number of piperidine rings is 1. The van der Waals surface area contributed by atoms with Crippen LogP contribution in [-0.4, -0.2) is 41.8 Å². The third kappa shape index (κ3) is 4.61. The summed E-state index contributed by atoms with van der Waals surface area (Å²) in [4.78, 5) is 38.8. The fourth-order valence-electron chi connectivity index (χ4n) is 3.16. The third-order valence-electron chi connectivity index (χ3n) is 4.72. The van der Waals surface area contributed by atoms with E-state index in [0.717, 1.165) is 32.4 Å². The van der Waals surface area contributed by atoms with Gasteiger partial charge in [0.1, 0.15) is 0 Å². The molecule has 1 amide bonds. The van der Waals surface area contributed by atoms with Crippen molar-refractivity contribution in [3.8, 4) is 0 Å². The van der Waals surface area contributed by atoms with E-state index in [9.17, 15) is 14.4 Å². The Bertz CT molecular complexity index is 808. The number of rotatable bonds is 5. The van der Waals surface area contributed by atoms with Crippen molar-refractivity contribution in [1.82, 2.24) is 4.90 Å². The number of hydrogen-bond acceptors (Lipinski definition) is 4. The molecule has 1 fully saturated rings. The van der Waals surface area contributed by atoms with Crippen LogP contribution in [0.2, 0.25) is 0 Å². The molecule has 1 aliphatic rings. The molecule has 27 heavy (non-hydrogen) atoms. The monoisotopic (exact) mass is 365 g/mol. The zero-order chi connectivity index (χ0) is 19.2. The molecule has 0 bridgehead atoms. The third-order valence-corrected chi connectivity index (χ3v) is 4.72. The predicted octanol–water partition coefficient (Wildman–Crippen LogP) is 3.48. The molecule has 0 aromatic heterocycles. The number of carbonyl (C=O) groups excluding carboxylic acids is 3. The molecule has 2 aromatic rings. The van der Waals surface area contributed by atoms with Gasteiger partial charge in [-0.15, -0.1) is 0 Å². The topological polar surface area (TPSA) is 63.7 Å². The Morgan fingerprint density at radius 1 is 0.815 bits per heavy atom. The summed E-state index contributed by atoms with van der Waals surface area (Å²) in [6.45, 7) is 3.04. The average molecular weight is 365 g/mol. The predicted molar refractivity (Wildman–Crippen MR) is 102 cm³/mol. The van der Waals surface area contributed by atoms with Crippen molar-refractivity contribution in [1.29, 1.82) is 0 Å². The van der Waals surface area contributed by atoms with Crippen molar-refractivity contribution < 1.29 is 19.1 Å². The van der Waals surface area contributed by atoms with Gasteiger partial charge >= 0.3 is 5.97 Å². The highest BCUT2D eigenvalue weighted by Crippen LogP contribution is 2.14. The molecule has 1 saturated heterocycles. The van der Waals surface area contributed by atoms with Crippen LogP contribution >= 0.6 is 0 Å². The molecule has 3 rings (SSSR count). The molecule has 0 N–H and O–H groups in total. The summed E-state index contributed by atoms with van der Waals surface area (Å²) in [6, 6.07) is 15.3. The maximum atomic E-state index is 12.4. The van der Waals surface area contributed by atoms with Crippen LogP contribution in [0.25, 0.3) is 0 Å². The lowest BCUT2D eigenvalue weighted by molar-refractivity contribution is -0.140. The highest BCUT2D eigenvalue weighted by molar-refractivity contribution is 6.09. The molecule has 0 radical (unpaired) electrons. The second kappa shape index (κ2) is 8.62. The minimum Gasteiger partial charge on any atom is -0.449 e. The number of nitrogens with zero attached hydrogens (tertiary/aromatic N) is 1. The highest BCUT2D eigenvalue weighted by Gasteiger charge is 2.25. The Hall–Kier alpha value is -2.95. The van der Waals surface area contributed by atoms with Gasteiger partial charge in [-0.1, -0.05) is 42.5 Å². The van der Waals surface area contributed by atoms with Crippen molar-refractivity contribution in [2.24, 2.45) is 0 Å². The van der Waals surface area contributed by atoms with Gasteiger partial charge in [-0.05, 0) is 38.3 Å². The van der Waals surface area contributed by atoms with Gasteiger partial charge in [-0.25, -0.2) is 4.79 Å². The van der Waals surface area contributed by atoms with E-state index in [1.54, 1.807) is 60.4 Å². The smallest absolute Gasteiger partial charge is 0.338 e. The van der Waals surface area contributed by atoms with E-state index in [1.807, 2.05) is 6.07 Å². The lowest BCUT2D eigenvalue weighted by Gasteiger charge is -2.28. The van der Waals surface area contributed by atoms with Crippen LogP contribution in [0.1, 0.15) is 52.5 Å². The summed E-state index contributed by atoms with van der Waals surface area (Å²) >= 11 is 0. The molecule has 0 spiro atoms. The van der Waals surface area contributed by atoms with Crippen molar-refractivity contribution in [2.75, 3.05) is 13.1 Å². The van der Waals surface area contributed by atoms with Crippen LogP contribution in [0, 0.1) is 0 Å². The van der Waals surface area contributed by atoms with Crippen molar-refractivity contribution in [3.05, 3.63) is 71.3 Å². The van der Waals surface area contributed by atoms with E-state index < -0.39 is 12.1 Å². The molecule has 1 heterocycles. The number of benzene rings is 2. The van der Waals surface area contributed by atoms with Gasteiger partial charge in [-0.3, -0.25) is 9.59 Å². The minimum absolute atomic E-state index is 0.107. The number of hydrogen-bond donors (Lipinski definition) is 0. The van der Waals surface area contributed by atoms with Gasteiger partial charge in [0, 0.05) is 24.2 Å². The molecule has 5 heteroatoms. The van der Waals surface area contributed by atoms with Crippen molar-refractivity contribution in [3.63, 3.8) is 0 Å². The quantitative estimate of drug-likeness (QED) is 0.601.